The fourth-order valence-corrected chi connectivity index (χ4v) is 5.85. The van der Waals surface area contributed by atoms with Gasteiger partial charge in [-0.2, -0.15) is 5.21 Å². The first-order valence-corrected chi connectivity index (χ1v) is 14.9. The monoisotopic (exact) mass is 550 g/mol. The van der Waals surface area contributed by atoms with Gasteiger partial charge in [-0.25, -0.2) is 0 Å². The molecule has 0 saturated carbocycles. The molecule has 1 aromatic rings. The number of tetrazole rings is 1. The molecule has 1 aromatic heterocycles. The third-order valence-corrected chi connectivity index (χ3v) is 8.02. The van der Waals surface area contributed by atoms with Crippen molar-refractivity contribution < 1.29 is 19.0 Å². The molecule has 1 N–H and O–H groups in total. The minimum Gasteiger partial charge on any atom is -0.457 e. The normalized spacial score (nSPS) is 34.0. The first kappa shape index (κ1) is 30.1. The molecule has 3 aliphatic heterocycles. The third kappa shape index (κ3) is 9.66. The highest BCUT2D eigenvalue weighted by Crippen LogP contribution is 2.33. The second-order valence-electron chi connectivity index (χ2n) is 11.7. The van der Waals surface area contributed by atoms with Gasteiger partial charge in [0.05, 0.1) is 30.8 Å². The average molecular weight is 551 g/mol. The maximum absolute atomic E-state index is 13.1. The number of cyclic esters (lactones) is 1. The number of carbonyl (C=O) groups excluding carboxylic acids is 1. The van der Waals surface area contributed by atoms with Crippen LogP contribution in [0.5, 0.6) is 0 Å². The van der Waals surface area contributed by atoms with E-state index in [0.717, 1.165) is 44.1 Å². The molecule has 0 radical (unpaired) electrons. The van der Waals surface area contributed by atoms with Gasteiger partial charge in [-0.1, -0.05) is 72.7 Å². The molecule has 2 fully saturated rings. The molecule has 7 unspecified atom stereocenters. The average Bonchev–Trinajstić information content (AvgIpc) is 3.43. The van der Waals surface area contributed by atoms with Gasteiger partial charge < -0.3 is 14.2 Å². The van der Waals surface area contributed by atoms with Gasteiger partial charge in [0.1, 0.15) is 6.10 Å². The maximum Gasteiger partial charge on any atom is 0.309 e. The van der Waals surface area contributed by atoms with Crippen LogP contribution in [0.3, 0.4) is 0 Å². The quantitative estimate of drug-likeness (QED) is 0.266. The summed E-state index contributed by atoms with van der Waals surface area (Å²) in [4.78, 5) is 13.1. The van der Waals surface area contributed by atoms with Gasteiger partial charge in [0.15, 0.2) is 5.82 Å². The van der Waals surface area contributed by atoms with Gasteiger partial charge >= 0.3 is 5.97 Å². The largest absolute Gasteiger partial charge is 0.457 e. The molecule has 0 aromatic carbocycles. The highest BCUT2D eigenvalue weighted by Gasteiger charge is 2.32. The number of H-pyrrole nitrogens is 1. The number of aromatic amines is 1. The summed E-state index contributed by atoms with van der Waals surface area (Å²) in [5, 5.41) is 14.0. The molecule has 2 saturated heterocycles. The Bertz CT molecular complexity index is 1090. The molecular formula is C32H46N4O4. The molecule has 0 spiro atoms. The van der Waals surface area contributed by atoms with Crippen LogP contribution in [-0.2, 0) is 25.4 Å². The molecule has 4 rings (SSSR count). The summed E-state index contributed by atoms with van der Waals surface area (Å²) in [5.74, 6) is 0.863. The van der Waals surface area contributed by atoms with Gasteiger partial charge in [-0.15, -0.1) is 10.2 Å². The summed E-state index contributed by atoms with van der Waals surface area (Å²) in [6.07, 6.45) is 24.5. The van der Waals surface area contributed by atoms with Crippen LogP contribution >= 0.6 is 0 Å². The Balaban J connectivity index is 1.46. The zero-order valence-corrected chi connectivity index (χ0v) is 24.5. The second kappa shape index (κ2) is 15.2. The number of nitrogens with one attached hydrogen (secondary N) is 1. The highest BCUT2D eigenvalue weighted by molar-refractivity contribution is 5.70. The number of allylic oxidation sites excluding steroid dienone is 7. The van der Waals surface area contributed by atoms with Crippen molar-refractivity contribution in [1.82, 2.24) is 20.6 Å². The van der Waals surface area contributed by atoms with Gasteiger partial charge in [0.2, 0.25) is 0 Å². The van der Waals surface area contributed by atoms with Gasteiger partial charge in [0, 0.05) is 18.8 Å². The zero-order chi connectivity index (χ0) is 28.3. The molecule has 3 aliphatic rings. The molecule has 40 heavy (non-hydrogen) atoms. The Hall–Kier alpha value is -2.84. The number of carbonyl (C=O) groups is 1. The van der Waals surface area contributed by atoms with E-state index in [2.05, 4.69) is 59.6 Å². The van der Waals surface area contributed by atoms with E-state index in [1.165, 1.54) is 12.0 Å². The smallest absolute Gasteiger partial charge is 0.309 e. The van der Waals surface area contributed by atoms with E-state index in [-0.39, 0.29) is 48.8 Å². The van der Waals surface area contributed by atoms with Crippen molar-refractivity contribution in [2.75, 3.05) is 0 Å². The fraction of sp³-hybridized carbons (Fsp3) is 0.625. The van der Waals surface area contributed by atoms with Crippen LogP contribution in [0.15, 0.2) is 59.8 Å². The minimum absolute atomic E-state index is 0.0330. The van der Waals surface area contributed by atoms with Gasteiger partial charge in [-0.05, 0) is 64.4 Å². The molecule has 218 valence electrons. The standard InChI is InChI=1S/C32H46N4O4/c1-5-25-18-28-20-27-12-9-11-26(38-27)16-23(3)14-15-24(4)30(40-32(37)21-29(19-25)39-28)13-8-6-7-10-22(2)17-31-33-35-36-34-31/h5-8,10,13-15,23-24,26-30H,9,11-12,16-21H2,1-4H3,(H,33,34,35,36)/b7-6-,13-8?,15-14?,22-10+,25-5?. The lowest BCUT2D eigenvalue weighted by Crippen LogP contribution is -2.37. The van der Waals surface area contributed by atoms with Crippen molar-refractivity contribution >= 4 is 5.97 Å². The van der Waals surface area contributed by atoms with Crippen LogP contribution in [0.4, 0.5) is 0 Å². The number of hydrogen-bond donors (Lipinski definition) is 1. The van der Waals surface area contributed by atoms with Crippen molar-refractivity contribution in [1.29, 1.82) is 0 Å². The van der Waals surface area contributed by atoms with Gasteiger partial charge in [0.25, 0.3) is 0 Å². The summed E-state index contributed by atoms with van der Waals surface area (Å²) in [6.45, 7) is 8.45. The number of ether oxygens (including phenoxy) is 3. The first-order valence-electron chi connectivity index (χ1n) is 14.9. The van der Waals surface area contributed by atoms with Crippen molar-refractivity contribution in [3.05, 3.63) is 65.6 Å². The Morgan fingerprint density at radius 2 is 1.77 bits per heavy atom. The van der Waals surface area contributed by atoms with Crippen molar-refractivity contribution in [2.45, 2.75) is 116 Å². The molecule has 7 atom stereocenters. The molecule has 4 heterocycles. The van der Waals surface area contributed by atoms with Crippen LogP contribution in [0.25, 0.3) is 0 Å². The lowest BCUT2D eigenvalue weighted by molar-refractivity contribution is -0.154. The number of rotatable bonds is 5. The van der Waals surface area contributed by atoms with E-state index in [4.69, 9.17) is 14.2 Å². The molecule has 0 amide bonds. The molecule has 8 heteroatoms. The number of fused-ring (bicyclic) bond motifs is 4. The summed E-state index contributed by atoms with van der Waals surface area (Å²) in [7, 11) is 0. The van der Waals surface area contributed by atoms with Crippen LogP contribution in [0.2, 0.25) is 0 Å². The Morgan fingerprint density at radius 1 is 1.00 bits per heavy atom. The summed E-state index contributed by atoms with van der Waals surface area (Å²) >= 11 is 0. The zero-order valence-electron chi connectivity index (χ0n) is 24.5. The molecule has 8 nitrogen and oxygen atoms in total. The van der Waals surface area contributed by atoms with Crippen LogP contribution in [-0.4, -0.2) is 57.1 Å². The van der Waals surface area contributed by atoms with Crippen LogP contribution in [0, 0.1) is 11.8 Å². The molecule has 0 aliphatic carbocycles. The van der Waals surface area contributed by atoms with Gasteiger partial charge in [-0.3, -0.25) is 4.79 Å². The molecule has 4 bridgehead atoms. The SMILES string of the molecule is CC=C1CC2CC(=O)OC(C=C/C=C\C=C(/C)Cc3nn[nH]n3)C(C)C=CC(C)CC3CCCC(CC(C1)O2)O3. The fourth-order valence-electron chi connectivity index (χ4n) is 5.85. The highest BCUT2D eigenvalue weighted by atomic mass is 16.5. The third-order valence-electron chi connectivity index (χ3n) is 8.02. The van der Waals surface area contributed by atoms with E-state index in [9.17, 15) is 4.79 Å². The summed E-state index contributed by atoms with van der Waals surface area (Å²) in [6, 6.07) is 0. The topological polar surface area (TPSA) is 99.2 Å². The van der Waals surface area contributed by atoms with Crippen molar-refractivity contribution in [2.24, 2.45) is 11.8 Å². The second-order valence-corrected chi connectivity index (χ2v) is 11.7. The van der Waals surface area contributed by atoms with E-state index < -0.39 is 0 Å². The summed E-state index contributed by atoms with van der Waals surface area (Å²) in [5.41, 5.74) is 2.48. The Labute approximate surface area is 239 Å². The predicted octanol–water partition coefficient (Wildman–Crippen LogP) is 6.16. The Morgan fingerprint density at radius 3 is 2.55 bits per heavy atom. The van der Waals surface area contributed by atoms with E-state index in [1.807, 2.05) is 37.3 Å². The first-order chi connectivity index (χ1) is 19.4. The molecular weight excluding hydrogens is 504 g/mol. The van der Waals surface area contributed by atoms with Crippen LogP contribution in [0.1, 0.15) is 84.9 Å². The van der Waals surface area contributed by atoms with E-state index in [1.54, 1.807) is 0 Å². The number of nitrogens with zero attached hydrogens (tertiary/aromatic N) is 3. The predicted molar refractivity (Wildman–Crippen MR) is 155 cm³/mol. The van der Waals surface area contributed by atoms with Crippen LogP contribution < -0.4 is 0 Å². The van der Waals surface area contributed by atoms with Crippen molar-refractivity contribution in [3.8, 4) is 0 Å². The lowest BCUT2D eigenvalue weighted by atomic mass is 9.90. The number of aromatic nitrogens is 4. The van der Waals surface area contributed by atoms with E-state index in [0.29, 0.717) is 18.2 Å². The van der Waals surface area contributed by atoms with E-state index >= 15 is 0 Å². The summed E-state index contributed by atoms with van der Waals surface area (Å²) < 4.78 is 19.1. The number of hydrogen-bond acceptors (Lipinski definition) is 7. The number of esters is 1. The maximum atomic E-state index is 13.1. The minimum atomic E-state index is -0.367. The van der Waals surface area contributed by atoms with Crippen molar-refractivity contribution in [3.63, 3.8) is 0 Å². The lowest BCUT2D eigenvalue weighted by Gasteiger charge is -2.37. The Kier molecular flexibility index (Phi) is 11.5.